The van der Waals surface area contributed by atoms with E-state index >= 15 is 0 Å². The molecule has 0 saturated heterocycles. The lowest BCUT2D eigenvalue weighted by atomic mass is 9.89. The lowest BCUT2D eigenvalue weighted by Crippen LogP contribution is -2.01. The van der Waals surface area contributed by atoms with Gasteiger partial charge in [-0.3, -0.25) is 0 Å². The van der Waals surface area contributed by atoms with E-state index in [1.165, 1.54) is 37.9 Å². The van der Waals surface area contributed by atoms with E-state index in [0.29, 0.717) is 17.5 Å². The highest BCUT2D eigenvalue weighted by Gasteiger charge is 2.18. The largest absolute Gasteiger partial charge is 0.208 e. The van der Waals surface area contributed by atoms with E-state index in [4.69, 9.17) is 15.0 Å². The van der Waals surface area contributed by atoms with Gasteiger partial charge in [-0.2, -0.15) is 0 Å². The van der Waals surface area contributed by atoms with Gasteiger partial charge < -0.3 is 0 Å². The van der Waals surface area contributed by atoms with Crippen molar-refractivity contribution in [1.82, 2.24) is 15.0 Å². The zero-order chi connectivity index (χ0) is 35.8. The molecule has 3 heteroatoms. The van der Waals surface area contributed by atoms with Gasteiger partial charge >= 0.3 is 0 Å². The average Bonchev–Trinajstić information content (AvgIpc) is 3.26. The third-order valence-electron chi connectivity index (χ3n) is 10.3. The average molecular weight is 688 g/mol. The number of fused-ring (bicyclic) bond motifs is 4. The first kappa shape index (κ1) is 31.5. The molecule has 0 aliphatic rings. The van der Waals surface area contributed by atoms with Crippen molar-refractivity contribution in [1.29, 1.82) is 0 Å². The summed E-state index contributed by atoms with van der Waals surface area (Å²) in [7, 11) is 0. The van der Waals surface area contributed by atoms with Gasteiger partial charge in [0.2, 0.25) is 0 Å². The molecule has 9 aromatic carbocycles. The van der Waals surface area contributed by atoms with Gasteiger partial charge in [0.15, 0.2) is 17.5 Å². The van der Waals surface area contributed by atoms with Crippen LogP contribution in [-0.4, -0.2) is 15.0 Å². The Hall–Kier alpha value is -7.23. The second-order valence-electron chi connectivity index (χ2n) is 13.6. The van der Waals surface area contributed by atoms with Crippen molar-refractivity contribution in [2.75, 3.05) is 0 Å². The van der Waals surface area contributed by atoms with Crippen LogP contribution in [0.5, 0.6) is 0 Å². The Morgan fingerprint density at radius 2 is 0.759 bits per heavy atom. The highest BCUT2D eigenvalue weighted by molar-refractivity contribution is 6.21. The summed E-state index contributed by atoms with van der Waals surface area (Å²) in [6, 6.07) is 70.6. The zero-order valence-electron chi connectivity index (χ0n) is 29.4. The van der Waals surface area contributed by atoms with Crippen LogP contribution in [0.3, 0.4) is 0 Å². The summed E-state index contributed by atoms with van der Waals surface area (Å²) in [4.78, 5) is 15.4. The summed E-state index contributed by atoms with van der Waals surface area (Å²) in [6.07, 6.45) is 0. The zero-order valence-corrected chi connectivity index (χ0v) is 29.4. The highest BCUT2D eigenvalue weighted by Crippen LogP contribution is 2.41. The maximum Gasteiger partial charge on any atom is 0.164 e. The molecule has 10 rings (SSSR count). The minimum absolute atomic E-state index is 0.629. The Morgan fingerprint density at radius 1 is 0.259 bits per heavy atom. The van der Waals surface area contributed by atoms with E-state index in [2.05, 4.69) is 170 Å². The van der Waals surface area contributed by atoms with Crippen LogP contribution in [0.2, 0.25) is 0 Å². The van der Waals surface area contributed by atoms with Crippen LogP contribution in [0.1, 0.15) is 0 Å². The Balaban J connectivity index is 1.15. The predicted octanol–water partition coefficient (Wildman–Crippen LogP) is 13.3. The number of nitrogens with zero attached hydrogens (tertiary/aromatic N) is 3. The summed E-state index contributed by atoms with van der Waals surface area (Å²) in [5.41, 5.74) is 9.68. The Labute approximate surface area is 313 Å². The van der Waals surface area contributed by atoms with Crippen LogP contribution in [0.15, 0.2) is 200 Å². The number of hydrogen-bond acceptors (Lipinski definition) is 3. The Kier molecular flexibility index (Phi) is 7.81. The summed E-state index contributed by atoms with van der Waals surface area (Å²) >= 11 is 0. The lowest BCUT2D eigenvalue weighted by Gasteiger charge is -2.15. The van der Waals surface area contributed by atoms with E-state index in [-0.39, 0.29) is 0 Å². The number of benzene rings is 9. The molecule has 0 aliphatic heterocycles. The molecule has 1 aromatic heterocycles. The first-order valence-electron chi connectivity index (χ1n) is 18.3. The van der Waals surface area contributed by atoms with Gasteiger partial charge in [0.05, 0.1) is 0 Å². The van der Waals surface area contributed by atoms with Crippen molar-refractivity contribution >= 4 is 32.3 Å². The molecule has 0 atom stereocenters. The molecule has 0 amide bonds. The van der Waals surface area contributed by atoms with Crippen molar-refractivity contribution in [3.63, 3.8) is 0 Å². The molecule has 0 N–H and O–H groups in total. The van der Waals surface area contributed by atoms with Gasteiger partial charge in [0.25, 0.3) is 0 Å². The second kappa shape index (κ2) is 13.4. The third-order valence-corrected chi connectivity index (χ3v) is 10.3. The summed E-state index contributed by atoms with van der Waals surface area (Å²) < 4.78 is 0. The Bertz CT molecular complexity index is 2960. The molecule has 0 saturated carbocycles. The van der Waals surface area contributed by atoms with Crippen LogP contribution < -0.4 is 0 Å². The van der Waals surface area contributed by atoms with Gasteiger partial charge in [0, 0.05) is 16.7 Å². The van der Waals surface area contributed by atoms with Crippen LogP contribution >= 0.6 is 0 Å². The van der Waals surface area contributed by atoms with Gasteiger partial charge in [-0.15, -0.1) is 0 Å². The number of hydrogen-bond donors (Lipinski definition) is 0. The van der Waals surface area contributed by atoms with E-state index in [1.807, 2.05) is 30.3 Å². The van der Waals surface area contributed by atoms with Crippen LogP contribution in [0.25, 0.3) is 99.9 Å². The van der Waals surface area contributed by atoms with Gasteiger partial charge in [-0.05, 0) is 83.9 Å². The van der Waals surface area contributed by atoms with Crippen molar-refractivity contribution in [3.05, 3.63) is 200 Å². The van der Waals surface area contributed by atoms with Crippen LogP contribution in [-0.2, 0) is 0 Å². The van der Waals surface area contributed by atoms with Gasteiger partial charge in [0.1, 0.15) is 0 Å². The topological polar surface area (TPSA) is 38.7 Å². The van der Waals surface area contributed by atoms with Crippen LogP contribution in [0.4, 0.5) is 0 Å². The van der Waals surface area contributed by atoms with Crippen molar-refractivity contribution in [2.24, 2.45) is 0 Å². The molecule has 0 bridgehead atoms. The number of rotatable bonds is 6. The summed E-state index contributed by atoms with van der Waals surface area (Å²) in [5, 5.41) is 7.43. The third kappa shape index (κ3) is 5.69. The maximum absolute atomic E-state index is 5.21. The molecule has 1 heterocycles. The molecular weight excluding hydrogens is 655 g/mol. The monoisotopic (exact) mass is 687 g/mol. The molecular formula is C51H33N3. The molecule has 0 aliphatic carbocycles. The molecule has 0 unspecified atom stereocenters. The fourth-order valence-corrected chi connectivity index (χ4v) is 7.67. The molecule has 0 radical (unpaired) electrons. The molecule has 54 heavy (non-hydrogen) atoms. The maximum atomic E-state index is 5.21. The first-order chi connectivity index (χ1) is 26.8. The second-order valence-corrected chi connectivity index (χ2v) is 13.6. The molecule has 10 aromatic rings. The van der Waals surface area contributed by atoms with Crippen molar-refractivity contribution in [2.45, 2.75) is 0 Å². The minimum Gasteiger partial charge on any atom is -0.208 e. The van der Waals surface area contributed by atoms with Crippen molar-refractivity contribution in [3.8, 4) is 67.5 Å². The highest BCUT2D eigenvalue weighted by atomic mass is 15.0. The van der Waals surface area contributed by atoms with Gasteiger partial charge in [-0.1, -0.05) is 182 Å². The first-order valence-corrected chi connectivity index (χ1v) is 18.3. The van der Waals surface area contributed by atoms with E-state index in [1.54, 1.807) is 0 Å². The van der Waals surface area contributed by atoms with E-state index in [9.17, 15) is 0 Å². The molecule has 0 fully saturated rings. The fraction of sp³-hybridized carbons (Fsp3) is 0. The quantitative estimate of drug-likeness (QED) is 0.129. The van der Waals surface area contributed by atoms with E-state index < -0.39 is 0 Å². The predicted molar refractivity (Wildman–Crippen MR) is 225 cm³/mol. The minimum atomic E-state index is 0.629. The summed E-state index contributed by atoms with van der Waals surface area (Å²) in [5.74, 6) is 1.90. The lowest BCUT2D eigenvalue weighted by molar-refractivity contribution is 1.07. The molecule has 3 nitrogen and oxygen atoms in total. The van der Waals surface area contributed by atoms with E-state index in [0.717, 1.165) is 44.5 Å². The molecule has 0 spiro atoms. The number of aromatic nitrogens is 3. The standard InChI is InChI=1S/C51H33N3/c1-4-14-34(15-5-1)40-30-31-45(46(33-40)35-16-6-2-7-17-35)51-53-49(38-19-8-3-9-20-38)52-50(54-51)39-27-25-37(26-28-39)47-44-23-13-11-21-41(44)32-42-29-24-36-18-10-12-22-43(36)48(42)47/h1-33H. The fourth-order valence-electron chi connectivity index (χ4n) is 7.67. The Morgan fingerprint density at radius 3 is 1.46 bits per heavy atom. The molecule has 252 valence electrons. The SMILES string of the molecule is c1ccc(-c2ccc(-c3nc(-c4ccccc4)nc(-c4ccc(-c5c6ccccc6cc6ccc7ccccc7c56)cc4)n3)c(-c3ccccc3)c2)cc1. The normalized spacial score (nSPS) is 11.3. The van der Waals surface area contributed by atoms with Crippen LogP contribution in [0, 0.1) is 0 Å². The summed E-state index contributed by atoms with van der Waals surface area (Å²) in [6.45, 7) is 0. The van der Waals surface area contributed by atoms with Gasteiger partial charge in [-0.25, -0.2) is 15.0 Å². The van der Waals surface area contributed by atoms with Crippen molar-refractivity contribution < 1.29 is 0 Å². The smallest absolute Gasteiger partial charge is 0.164 e.